The highest BCUT2D eigenvalue weighted by Crippen LogP contribution is 2.32. The van der Waals surface area contributed by atoms with Crippen LogP contribution >= 0.6 is 0 Å². The van der Waals surface area contributed by atoms with Crippen molar-refractivity contribution in [1.29, 1.82) is 5.26 Å². The molecule has 4 rings (SSSR count). The quantitative estimate of drug-likeness (QED) is 0.586. The zero-order valence-corrected chi connectivity index (χ0v) is 12.4. The van der Waals surface area contributed by atoms with Crippen LogP contribution < -0.4 is 0 Å². The average molecular weight is 313 g/mol. The van der Waals surface area contributed by atoms with E-state index < -0.39 is 5.97 Å². The number of carboxylic acids is 1. The minimum atomic E-state index is -1.07. The number of nitriles is 1. The van der Waals surface area contributed by atoms with E-state index in [1.165, 1.54) is 0 Å². The summed E-state index contributed by atoms with van der Waals surface area (Å²) in [5.41, 5.74) is 3.56. The maximum atomic E-state index is 11.5. The minimum absolute atomic E-state index is 0.00777. The predicted molar refractivity (Wildman–Crippen MR) is 90.7 cm³/mol. The summed E-state index contributed by atoms with van der Waals surface area (Å²) in [5.74, 6) is -1.07. The maximum Gasteiger partial charge on any atom is 0.354 e. The highest BCUT2D eigenvalue weighted by atomic mass is 16.4. The molecule has 0 spiro atoms. The summed E-state index contributed by atoms with van der Waals surface area (Å²) in [6.45, 7) is 0. The number of H-pyrrole nitrogens is 1. The van der Waals surface area contributed by atoms with Gasteiger partial charge in [0.05, 0.1) is 22.8 Å². The van der Waals surface area contributed by atoms with E-state index in [2.05, 4.69) is 16.0 Å². The molecule has 2 heterocycles. The van der Waals surface area contributed by atoms with E-state index in [4.69, 9.17) is 5.26 Å². The van der Waals surface area contributed by atoms with Crippen molar-refractivity contribution in [3.63, 3.8) is 0 Å². The lowest BCUT2D eigenvalue weighted by atomic mass is 10.1. The molecule has 24 heavy (non-hydrogen) atoms. The standard InChI is InChI=1S/C19H11N3O2/c20-10-11-5-7-12(8-6-11)17-18-14(9-16(22-17)19(23)24)13-3-1-2-4-15(13)21-18/h1-9,21H,(H,23,24). The predicted octanol–water partition coefficient (Wildman–Crippen LogP) is 3.95. The van der Waals surface area contributed by atoms with Gasteiger partial charge >= 0.3 is 5.97 Å². The van der Waals surface area contributed by atoms with Crippen molar-refractivity contribution >= 4 is 27.8 Å². The molecule has 0 aliphatic carbocycles. The fraction of sp³-hybridized carbons (Fsp3) is 0. The number of aromatic amines is 1. The first kappa shape index (κ1) is 14.0. The highest BCUT2D eigenvalue weighted by molar-refractivity contribution is 6.12. The summed E-state index contributed by atoms with van der Waals surface area (Å²) >= 11 is 0. The van der Waals surface area contributed by atoms with Crippen LogP contribution in [0.15, 0.2) is 54.6 Å². The normalized spacial score (nSPS) is 10.8. The molecule has 0 radical (unpaired) electrons. The largest absolute Gasteiger partial charge is 0.477 e. The highest BCUT2D eigenvalue weighted by Gasteiger charge is 2.16. The van der Waals surface area contributed by atoms with Crippen molar-refractivity contribution < 1.29 is 9.90 Å². The first-order chi connectivity index (χ1) is 11.7. The van der Waals surface area contributed by atoms with Crippen LogP contribution in [0.25, 0.3) is 33.1 Å². The Morgan fingerprint density at radius 3 is 2.54 bits per heavy atom. The maximum absolute atomic E-state index is 11.5. The van der Waals surface area contributed by atoms with Crippen LogP contribution in [0.4, 0.5) is 0 Å². The summed E-state index contributed by atoms with van der Waals surface area (Å²) in [7, 11) is 0. The fourth-order valence-electron chi connectivity index (χ4n) is 2.87. The van der Waals surface area contributed by atoms with E-state index in [1.54, 1.807) is 30.3 Å². The van der Waals surface area contributed by atoms with Gasteiger partial charge in [0.25, 0.3) is 0 Å². The Balaban J connectivity index is 2.08. The number of pyridine rings is 1. The number of aromatic nitrogens is 2. The Hall–Kier alpha value is -3.65. The molecule has 5 nitrogen and oxygen atoms in total. The Kier molecular flexibility index (Phi) is 3.04. The van der Waals surface area contributed by atoms with Crippen LogP contribution in [0.1, 0.15) is 16.1 Å². The summed E-state index contributed by atoms with van der Waals surface area (Å²) in [6.07, 6.45) is 0. The van der Waals surface area contributed by atoms with Gasteiger partial charge in [-0.15, -0.1) is 0 Å². The molecule has 0 unspecified atom stereocenters. The number of para-hydroxylation sites is 1. The molecule has 2 aromatic carbocycles. The lowest BCUT2D eigenvalue weighted by molar-refractivity contribution is 0.0691. The number of nitrogens with zero attached hydrogens (tertiary/aromatic N) is 2. The number of hydrogen-bond donors (Lipinski definition) is 2. The van der Waals surface area contributed by atoms with E-state index >= 15 is 0 Å². The molecule has 0 aliphatic rings. The van der Waals surface area contributed by atoms with Gasteiger partial charge in [0.15, 0.2) is 0 Å². The van der Waals surface area contributed by atoms with Crippen LogP contribution in [0.2, 0.25) is 0 Å². The monoisotopic (exact) mass is 313 g/mol. The number of rotatable bonds is 2. The molecular formula is C19H11N3O2. The first-order valence-electron chi connectivity index (χ1n) is 7.32. The smallest absolute Gasteiger partial charge is 0.354 e. The van der Waals surface area contributed by atoms with E-state index in [0.29, 0.717) is 11.3 Å². The molecule has 0 bridgehead atoms. The van der Waals surface area contributed by atoms with Gasteiger partial charge in [-0.25, -0.2) is 9.78 Å². The van der Waals surface area contributed by atoms with Crippen molar-refractivity contribution in [2.45, 2.75) is 0 Å². The second kappa shape index (κ2) is 5.21. The number of nitrogens with one attached hydrogen (secondary N) is 1. The van der Waals surface area contributed by atoms with Gasteiger partial charge < -0.3 is 10.1 Å². The number of carbonyl (C=O) groups is 1. The summed E-state index contributed by atoms with van der Waals surface area (Å²) in [4.78, 5) is 19.1. The zero-order chi connectivity index (χ0) is 16.7. The molecule has 0 saturated heterocycles. The lowest BCUT2D eigenvalue weighted by Gasteiger charge is -2.05. The SMILES string of the molecule is N#Cc1ccc(-c2nc(C(=O)O)cc3c2[nH]c2ccccc23)cc1. The second-order valence-electron chi connectivity index (χ2n) is 5.44. The third-order valence-corrected chi connectivity index (χ3v) is 4.00. The number of aromatic carboxylic acids is 1. The minimum Gasteiger partial charge on any atom is -0.477 e. The van der Waals surface area contributed by atoms with Gasteiger partial charge in [-0.1, -0.05) is 30.3 Å². The first-order valence-corrected chi connectivity index (χ1v) is 7.32. The third-order valence-electron chi connectivity index (χ3n) is 4.00. The zero-order valence-electron chi connectivity index (χ0n) is 12.4. The molecule has 0 fully saturated rings. The molecule has 5 heteroatoms. The van der Waals surface area contributed by atoms with Crippen LogP contribution in [-0.4, -0.2) is 21.0 Å². The van der Waals surface area contributed by atoms with Gasteiger partial charge in [0.1, 0.15) is 5.69 Å². The average Bonchev–Trinajstić information content (AvgIpc) is 2.99. The van der Waals surface area contributed by atoms with Crippen LogP contribution in [0.5, 0.6) is 0 Å². The van der Waals surface area contributed by atoms with Gasteiger partial charge in [-0.05, 0) is 24.3 Å². The Bertz CT molecular complexity index is 1140. The Labute approximate surface area is 136 Å². The van der Waals surface area contributed by atoms with Gasteiger partial charge in [-0.3, -0.25) is 0 Å². The van der Waals surface area contributed by atoms with Gasteiger partial charge in [0.2, 0.25) is 0 Å². The van der Waals surface area contributed by atoms with E-state index in [0.717, 1.165) is 27.4 Å². The van der Waals surface area contributed by atoms with Crippen molar-refractivity contribution in [1.82, 2.24) is 9.97 Å². The van der Waals surface area contributed by atoms with E-state index in [1.807, 2.05) is 24.3 Å². The second-order valence-corrected chi connectivity index (χ2v) is 5.44. The number of fused-ring (bicyclic) bond motifs is 3. The van der Waals surface area contributed by atoms with Crippen LogP contribution in [0.3, 0.4) is 0 Å². The summed E-state index contributed by atoms with van der Waals surface area (Å²) in [6, 6.07) is 18.3. The molecule has 2 N–H and O–H groups in total. The van der Waals surface area contributed by atoms with Crippen molar-refractivity contribution in [3.05, 3.63) is 65.9 Å². The molecule has 0 amide bonds. The molecule has 4 aromatic rings. The fourth-order valence-corrected chi connectivity index (χ4v) is 2.87. The van der Waals surface area contributed by atoms with Gasteiger partial charge in [0, 0.05) is 21.9 Å². The number of hydrogen-bond acceptors (Lipinski definition) is 3. The van der Waals surface area contributed by atoms with Crippen LogP contribution in [-0.2, 0) is 0 Å². The van der Waals surface area contributed by atoms with Crippen LogP contribution in [0, 0.1) is 11.3 Å². The molecular weight excluding hydrogens is 302 g/mol. The Morgan fingerprint density at radius 2 is 1.83 bits per heavy atom. The Morgan fingerprint density at radius 1 is 1.08 bits per heavy atom. The number of carboxylic acid groups (broad SMARTS) is 1. The summed E-state index contributed by atoms with van der Waals surface area (Å²) in [5, 5.41) is 20.1. The van der Waals surface area contributed by atoms with E-state index in [-0.39, 0.29) is 5.69 Å². The molecule has 114 valence electrons. The van der Waals surface area contributed by atoms with Crippen molar-refractivity contribution in [3.8, 4) is 17.3 Å². The molecule has 0 atom stereocenters. The lowest BCUT2D eigenvalue weighted by Crippen LogP contribution is -2.01. The van der Waals surface area contributed by atoms with Crippen molar-refractivity contribution in [2.75, 3.05) is 0 Å². The number of benzene rings is 2. The van der Waals surface area contributed by atoms with E-state index in [9.17, 15) is 9.90 Å². The van der Waals surface area contributed by atoms with Crippen molar-refractivity contribution in [2.24, 2.45) is 0 Å². The third kappa shape index (κ3) is 2.09. The summed E-state index contributed by atoms with van der Waals surface area (Å²) < 4.78 is 0. The van der Waals surface area contributed by atoms with Gasteiger partial charge in [-0.2, -0.15) is 5.26 Å². The molecule has 2 aromatic heterocycles. The molecule has 0 aliphatic heterocycles. The topological polar surface area (TPSA) is 89.8 Å². The molecule has 0 saturated carbocycles.